The predicted octanol–water partition coefficient (Wildman–Crippen LogP) is 4.88. The topological polar surface area (TPSA) is 117 Å². The molecule has 1 aliphatic heterocycles. The Hall–Kier alpha value is -3.27. The highest BCUT2D eigenvalue weighted by atomic mass is 32.2. The first-order valence-corrected chi connectivity index (χ1v) is 14.6. The van der Waals surface area contributed by atoms with Gasteiger partial charge in [0.25, 0.3) is 0 Å². The Kier molecular flexibility index (Phi) is 7.03. The van der Waals surface area contributed by atoms with Crippen molar-refractivity contribution in [2.45, 2.75) is 92.4 Å². The Bertz CT molecular complexity index is 1390. The van der Waals surface area contributed by atoms with Crippen LogP contribution in [0.3, 0.4) is 0 Å². The Morgan fingerprint density at radius 3 is 2.54 bits per heavy atom. The SMILES string of the molecule is Cc1cc(N2C[C@H](S(=O)(=O)c3ccccc3C(F)(F)F)C[C@@H]2OC(=O)NC2(C#N)CC2)n(C2CCCCC2)n1. The molecule has 210 valence electrons. The maximum Gasteiger partial charge on any atom is 0.417 e. The number of rotatable bonds is 6. The molecule has 1 aromatic carbocycles. The van der Waals surface area contributed by atoms with Crippen LogP contribution >= 0.6 is 0 Å². The standard InChI is InChI=1S/C26H30F3N5O4S/c1-17-13-22(34(32-17)18-7-3-2-4-8-18)33-15-19(14-23(33)38-24(35)31-25(16-30)11-12-25)39(36,37)21-10-6-5-9-20(21)26(27,28)29/h5-6,9-10,13,18-19,23H,2-4,7-8,11-12,14-15H2,1H3,(H,31,35)/t19-,23+/m1/s1. The zero-order valence-corrected chi connectivity index (χ0v) is 22.3. The number of carbonyl (C=O) groups is 1. The van der Waals surface area contributed by atoms with Gasteiger partial charge in [0.15, 0.2) is 16.1 Å². The summed E-state index contributed by atoms with van der Waals surface area (Å²) in [6, 6.07) is 8.01. The average Bonchev–Trinajstić information content (AvgIpc) is 3.36. The molecule has 1 N–H and O–H groups in total. The van der Waals surface area contributed by atoms with Gasteiger partial charge in [0.1, 0.15) is 11.4 Å². The van der Waals surface area contributed by atoms with Crippen molar-refractivity contribution in [3.05, 3.63) is 41.6 Å². The molecular formula is C26H30F3N5O4S. The summed E-state index contributed by atoms with van der Waals surface area (Å²) in [4.78, 5) is 13.6. The minimum absolute atomic E-state index is 0.0758. The van der Waals surface area contributed by atoms with E-state index in [2.05, 4.69) is 10.4 Å². The Balaban J connectivity index is 1.49. The monoisotopic (exact) mass is 565 g/mol. The third-order valence-electron chi connectivity index (χ3n) is 7.75. The van der Waals surface area contributed by atoms with E-state index >= 15 is 0 Å². The summed E-state index contributed by atoms with van der Waals surface area (Å²) in [5.41, 5.74) is -1.54. The van der Waals surface area contributed by atoms with Gasteiger partial charge in [-0.05, 0) is 44.7 Å². The number of hydrogen-bond donors (Lipinski definition) is 1. The molecule has 2 atom stereocenters. The molecule has 1 aromatic heterocycles. The number of benzene rings is 1. The van der Waals surface area contributed by atoms with Crippen molar-refractivity contribution < 1.29 is 31.1 Å². The van der Waals surface area contributed by atoms with Crippen LogP contribution in [-0.2, 0) is 20.8 Å². The highest BCUT2D eigenvalue weighted by molar-refractivity contribution is 7.92. The van der Waals surface area contributed by atoms with E-state index in [0.29, 0.717) is 24.4 Å². The summed E-state index contributed by atoms with van der Waals surface area (Å²) in [5, 5.41) is 15.2. The normalized spacial score (nSPS) is 23.3. The first-order valence-electron chi connectivity index (χ1n) is 13.1. The fourth-order valence-electron chi connectivity index (χ4n) is 5.52. The molecule has 0 radical (unpaired) electrons. The van der Waals surface area contributed by atoms with Crippen molar-refractivity contribution in [1.29, 1.82) is 5.26 Å². The maximum absolute atomic E-state index is 13.7. The number of aromatic nitrogens is 2. The highest BCUT2D eigenvalue weighted by Gasteiger charge is 2.49. The third kappa shape index (κ3) is 5.44. The van der Waals surface area contributed by atoms with Gasteiger partial charge in [-0.25, -0.2) is 17.9 Å². The second kappa shape index (κ2) is 10.0. The van der Waals surface area contributed by atoms with Crippen molar-refractivity contribution in [3.8, 4) is 6.07 Å². The summed E-state index contributed by atoms with van der Waals surface area (Å²) >= 11 is 0. The number of nitriles is 1. The number of nitrogens with one attached hydrogen (secondary N) is 1. The number of hydrogen-bond acceptors (Lipinski definition) is 7. The third-order valence-corrected chi connectivity index (χ3v) is 9.94. The van der Waals surface area contributed by atoms with E-state index in [1.54, 1.807) is 17.9 Å². The Morgan fingerprint density at radius 1 is 1.21 bits per heavy atom. The molecule has 2 saturated carbocycles. The second-order valence-electron chi connectivity index (χ2n) is 10.6. The number of aryl methyl sites for hydroxylation is 1. The van der Waals surface area contributed by atoms with Gasteiger partial charge >= 0.3 is 12.3 Å². The molecule has 13 heteroatoms. The minimum atomic E-state index is -4.86. The molecule has 9 nitrogen and oxygen atoms in total. The van der Waals surface area contributed by atoms with Gasteiger partial charge in [0, 0.05) is 19.0 Å². The van der Waals surface area contributed by atoms with Gasteiger partial charge in [-0.2, -0.15) is 23.5 Å². The van der Waals surface area contributed by atoms with Crippen LogP contribution in [0.15, 0.2) is 35.2 Å². The molecule has 1 amide bonds. The molecule has 0 unspecified atom stereocenters. The molecule has 39 heavy (non-hydrogen) atoms. The van der Waals surface area contributed by atoms with Crippen LogP contribution in [0, 0.1) is 18.3 Å². The van der Waals surface area contributed by atoms with E-state index in [4.69, 9.17) is 4.74 Å². The molecule has 1 saturated heterocycles. The largest absolute Gasteiger partial charge is 0.425 e. The molecule has 2 heterocycles. The first kappa shape index (κ1) is 27.3. The first-order chi connectivity index (χ1) is 18.4. The maximum atomic E-state index is 13.7. The summed E-state index contributed by atoms with van der Waals surface area (Å²) in [7, 11) is -4.48. The zero-order valence-electron chi connectivity index (χ0n) is 21.4. The predicted molar refractivity (Wildman–Crippen MR) is 134 cm³/mol. The molecule has 0 spiro atoms. The number of sulfone groups is 1. The van der Waals surface area contributed by atoms with Crippen LogP contribution in [0.25, 0.3) is 0 Å². The minimum Gasteiger partial charge on any atom is -0.425 e. The molecular weight excluding hydrogens is 535 g/mol. The number of alkyl halides is 3. The number of alkyl carbamates (subject to hydrolysis) is 1. The lowest BCUT2D eigenvalue weighted by atomic mass is 9.96. The lowest BCUT2D eigenvalue weighted by molar-refractivity contribution is -0.139. The van der Waals surface area contributed by atoms with E-state index in [1.807, 2.05) is 10.8 Å². The van der Waals surface area contributed by atoms with Crippen LogP contribution < -0.4 is 10.2 Å². The number of nitrogens with zero attached hydrogens (tertiary/aromatic N) is 4. The van der Waals surface area contributed by atoms with Gasteiger partial charge in [-0.1, -0.05) is 31.4 Å². The van der Waals surface area contributed by atoms with Gasteiger partial charge in [0.2, 0.25) is 0 Å². The van der Waals surface area contributed by atoms with Gasteiger partial charge in [-0.15, -0.1) is 0 Å². The van der Waals surface area contributed by atoms with E-state index in [1.165, 1.54) is 6.07 Å². The van der Waals surface area contributed by atoms with Gasteiger partial charge < -0.3 is 15.0 Å². The molecule has 3 aliphatic rings. The summed E-state index contributed by atoms with van der Waals surface area (Å²) in [5.74, 6) is 0.556. The zero-order chi connectivity index (χ0) is 28.0. The van der Waals surface area contributed by atoms with E-state index < -0.39 is 49.6 Å². The number of anilines is 1. The van der Waals surface area contributed by atoms with Crippen molar-refractivity contribution in [2.24, 2.45) is 0 Å². The highest BCUT2D eigenvalue weighted by Crippen LogP contribution is 2.40. The smallest absolute Gasteiger partial charge is 0.417 e. The Morgan fingerprint density at radius 2 is 1.90 bits per heavy atom. The van der Waals surface area contributed by atoms with E-state index in [0.717, 1.165) is 50.3 Å². The van der Waals surface area contributed by atoms with Gasteiger partial charge in [0.05, 0.1) is 33.5 Å². The van der Waals surface area contributed by atoms with Crippen LogP contribution in [0.5, 0.6) is 0 Å². The fraction of sp³-hybridized carbons (Fsp3) is 0.577. The molecule has 2 aliphatic carbocycles. The number of carbonyl (C=O) groups excluding carboxylic acids is 1. The Labute approximate surface area is 224 Å². The van der Waals surface area contributed by atoms with Crippen molar-refractivity contribution in [2.75, 3.05) is 11.4 Å². The van der Waals surface area contributed by atoms with Crippen LogP contribution in [-0.4, -0.2) is 47.9 Å². The lowest BCUT2D eigenvalue weighted by Gasteiger charge is -2.30. The summed E-state index contributed by atoms with van der Waals surface area (Å²) in [6.45, 7) is 1.62. The molecule has 3 fully saturated rings. The van der Waals surface area contributed by atoms with Gasteiger partial charge in [-0.3, -0.25) is 0 Å². The second-order valence-corrected chi connectivity index (χ2v) is 12.8. The van der Waals surface area contributed by atoms with Crippen LogP contribution in [0.1, 0.15) is 68.7 Å². The molecule has 5 rings (SSSR count). The van der Waals surface area contributed by atoms with Crippen molar-refractivity contribution in [1.82, 2.24) is 15.1 Å². The van der Waals surface area contributed by atoms with Crippen molar-refractivity contribution in [3.63, 3.8) is 0 Å². The van der Waals surface area contributed by atoms with E-state index in [9.17, 15) is 31.6 Å². The summed E-state index contributed by atoms with van der Waals surface area (Å²) < 4.78 is 75.9. The van der Waals surface area contributed by atoms with Crippen LogP contribution in [0.2, 0.25) is 0 Å². The van der Waals surface area contributed by atoms with Crippen molar-refractivity contribution >= 4 is 21.7 Å². The van der Waals surface area contributed by atoms with E-state index in [-0.39, 0.29) is 19.0 Å². The number of amides is 1. The fourth-order valence-corrected chi connectivity index (χ4v) is 7.41. The lowest BCUT2D eigenvalue weighted by Crippen LogP contribution is -2.42. The summed E-state index contributed by atoms with van der Waals surface area (Å²) in [6.07, 6.45) is -1.17. The molecule has 2 aromatic rings. The average molecular weight is 566 g/mol. The quantitative estimate of drug-likeness (QED) is 0.531. The number of halogens is 3. The van der Waals surface area contributed by atoms with Crippen LogP contribution in [0.4, 0.5) is 23.8 Å². The molecule has 0 bridgehead atoms. The number of ether oxygens (including phenoxy) is 1.